The fourth-order valence-electron chi connectivity index (χ4n) is 7.41. The van der Waals surface area contributed by atoms with Gasteiger partial charge < -0.3 is 19.6 Å². The lowest BCUT2D eigenvalue weighted by atomic mass is 9.75. The number of amides is 1. The first kappa shape index (κ1) is 29.0. The molecule has 2 fully saturated rings. The molecule has 0 radical (unpaired) electrons. The maximum absolute atomic E-state index is 14.0. The van der Waals surface area contributed by atoms with Crippen LogP contribution in [0.2, 0.25) is 0 Å². The quantitative estimate of drug-likeness (QED) is 0.186. The molecule has 8 heteroatoms. The van der Waals surface area contributed by atoms with Crippen LogP contribution < -0.4 is 5.32 Å². The smallest absolute Gasteiger partial charge is 0.331 e. The summed E-state index contributed by atoms with van der Waals surface area (Å²) in [4.78, 5) is 35.0. The molecular formula is C37H39N5O3. The highest BCUT2D eigenvalue weighted by molar-refractivity contribution is 6.01. The highest BCUT2D eigenvalue weighted by Gasteiger charge is 2.44. The molecule has 2 saturated carbocycles. The van der Waals surface area contributed by atoms with E-state index in [4.69, 9.17) is 9.97 Å². The monoisotopic (exact) mass is 601 g/mol. The highest BCUT2D eigenvalue weighted by Crippen LogP contribution is 2.43. The van der Waals surface area contributed by atoms with Crippen molar-refractivity contribution in [2.45, 2.75) is 76.8 Å². The van der Waals surface area contributed by atoms with Crippen molar-refractivity contribution in [1.82, 2.24) is 24.4 Å². The third kappa shape index (κ3) is 5.02. The van der Waals surface area contributed by atoms with Gasteiger partial charge >= 0.3 is 5.97 Å². The number of aryl methyl sites for hydroxylation is 2. The number of hydrogen-bond acceptors (Lipinski definition) is 4. The lowest BCUT2D eigenvalue weighted by Crippen LogP contribution is -2.52. The second-order valence-electron chi connectivity index (χ2n) is 12.8. The summed E-state index contributed by atoms with van der Waals surface area (Å²) in [7, 11) is 1.97. The number of carbonyl (C=O) groups is 2. The zero-order chi connectivity index (χ0) is 31.3. The Bertz CT molecular complexity index is 1970. The SMILES string of the molecule is CC(=Cc1ccc2nc(C3(NC(=O)c4ccc5c(c4)c(C)c(-c4ccccn4)n5C4CCCCC4)CCC3)n(C)c2c1)C(=O)O. The molecule has 0 saturated heterocycles. The largest absolute Gasteiger partial charge is 0.478 e. The molecule has 3 aromatic heterocycles. The number of rotatable bonds is 7. The Balaban J connectivity index is 1.24. The van der Waals surface area contributed by atoms with Gasteiger partial charge in [0.2, 0.25) is 0 Å². The number of pyridine rings is 1. The van der Waals surface area contributed by atoms with E-state index in [1.54, 1.807) is 13.0 Å². The van der Waals surface area contributed by atoms with Crippen LogP contribution in [-0.4, -0.2) is 36.1 Å². The Morgan fingerprint density at radius 3 is 2.49 bits per heavy atom. The van der Waals surface area contributed by atoms with Gasteiger partial charge in [-0.15, -0.1) is 0 Å². The number of carboxylic acids is 1. The fourth-order valence-corrected chi connectivity index (χ4v) is 7.41. The van der Waals surface area contributed by atoms with Gasteiger partial charge in [-0.1, -0.05) is 31.4 Å². The van der Waals surface area contributed by atoms with Crippen molar-refractivity contribution in [3.05, 3.63) is 88.9 Å². The van der Waals surface area contributed by atoms with E-state index in [1.165, 1.54) is 19.3 Å². The van der Waals surface area contributed by atoms with Crippen LogP contribution in [0.5, 0.6) is 0 Å². The van der Waals surface area contributed by atoms with Crippen LogP contribution in [0.1, 0.15) is 91.6 Å². The number of nitrogens with zero attached hydrogens (tertiary/aromatic N) is 4. The van der Waals surface area contributed by atoms with E-state index >= 15 is 0 Å². The second-order valence-corrected chi connectivity index (χ2v) is 12.8. The van der Waals surface area contributed by atoms with Crippen molar-refractivity contribution < 1.29 is 14.7 Å². The van der Waals surface area contributed by atoms with Crippen LogP contribution in [-0.2, 0) is 17.4 Å². The maximum Gasteiger partial charge on any atom is 0.331 e. The highest BCUT2D eigenvalue weighted by atomic mass is 16.4. The van der Waals surface area contributed by atoms with Crippen LogP contribution in [0.4, 0.5) is 0 Å². The molecule has 5 aromatic rings. The number of carbonyl (C=O) groups excluding carboxylic acids is 1. The molecule has 2 N–H and O–H groups in total. The standard InChI is InChI=1S/C37H39N5O3/c1-23(35(44)45)20-25-13-15-29-32(21-25)41(3)36(39-29)37(17-9-18-37)40-34(43)26-14-16-31-28(22-26)24(2)33(30-12-7-8-19-38-30)42(31)27-10-5-4-6-11-27/h7-8,12-16,19-22,27H,4-6,9-11,17-18H2,1-3H3,(H,40,43)(H,44,45). The molecule has 0 atom stereocenters. The lowest BCUT2D eigenvalue weighted by molar-refractivity contribution is -0.132. The van der Waals surface area contributed by atoms with E-state index < -0.39 is 11.5 Å². The summed E-state index contributed by atoms with van der Waals surface area (Å²) >= 11 is 0. The number of aliphatic carboxylic acids is 1. The lowest BCUT2D eigenvalue weighted by Gasteiger charge is -2.41. The van der Waals surface area contributed by atoms with Crippen molar-refractivity contribution in [1.29, 1.82) is 0 Å². The first-order valence-electron chi connectivity index (χ1n) is 16.0. The van der Waals surface area contributed by atoms with Crippen LogP contribution in [0.3, 0.4) is 0 Å². The van der Waals surface area contributed by atoms with E-state index in [0.29, 0.717) is 11.6 Å². The van der Waals surface area contributed by atoms with Gasteiger partial charge in [-0.3, -0.25) is 9.78 Å². The summed E-state index contributed by atoms with van der Waals surface area (Å²) in [5.41, 5.74) is 7.31. The molecule has 7 rings (SSSR count). The number of fused-ring (bicyclic) bond motifs is 2. The topological polar surface area (TPSA) is 102 Å². The van der Waals surface area contributed by atoms with Crippen molar-refractivity contribution >= 4 is 39.9 Å². The van der Waals surface area contributed by atoms with Crippen molar-refractivity contribution in [2.24, 2.45) is 7.05 Å². The molecule has 2 aliphatic carbocycles. The molecule has 8 nitrogen and oxygen atoms in total. The maximum atomic E-state index is 14.0. The van der Waals surface area contributed by atoms with Gasteiger partial charge in [0.25, 0.3) is 5.91 Å². The third-order valence-corrected chi connectivity index (χ3v) is 9.98. The Labute approximate surface area is 262 Å². The molecular weight excluding hydrogens is 562 g/mol. The van der Waals surface area contributed by atoms with E-state index in [9.17, 15) is 14.7 Å². The molecule has 0 spiro atoms. The van der Waals surface area contributed by atoms with E-state index in [-0.39, 0.29) is 11.5 Å². The molecule has 0 unspecified atom stereocenters. The van der Waals surface area contributed by atoms with Crippen molar-refractivity contribution in [3.8, 4) is 11.4 Å². The zero-order valence-corrected chi connectivity index (χ0v) is 26.1. The van der Waals surface area contributed by atoms with Gasteiger partial charge in [0.05, 0.1) is 28.0 Å². The summed E-state index contributed by atoms with van der Waals surface area (Å²) in [6, 6.07) is 18.4. The predicted octanol–water partition coefficient (Wildman–Crippen LogP) is 7.70. The summed E-state index contributed by atoms with van der Waals surface area (Å²) in [6.45, 7) is 3.74. The minimum absolute atomic E-state index is 0.103. The molecule has 3 heterocycles. The van der Waals surface area contributed by atoms with Crippen molar-refractivity contribution in [2.75, 3.05) is 0 Å². The first-order chi connectivity index (χ1) is 21.8. The van der Waals surface area contributed by atoms with Gasteiger partial charge in [0.15, 0.2) is 0 Å². The Morgan fingerprint density at radius 2 is 1.80 bits per heavy atom. The number of aromatic nitrogens is 4. The summed E-state index contributed by atoms with van der Waals surface area (Å²) in [6.07, 6.45) is 12.2. The zero-order valence-electron chi connectivity index (χ0n) is 26.1. The van der Waals surface area contributed by atoms with E-state index in [0.717, 1.165) is 82.4 Å². The molecule has 1 amide bonds. The van der Waals surface area contributed by atoms with Crippen LogP contribution >= 0.6 is 0 Å². The molecule has 0 bridgehead atoms. The van der Waals surface area contributed by atoms with Gasteiger partial charge in [-0.2, -0.15) is 0 Å². The average molecular weight is 602 g/mol. The van der Waals surface area contributed by atoms with E-state index in [2.05, 4.69) is 35.0 Å². The average Bonchev–Trinajstić information content (AvgIpc) is 3.52. The molecule has 230 valence electrons. The van der Waals surface area contributed by atoms with Crippen LogP contribution in [0.15, 0.2) is 66.4 Å². The Kier molecular flexibility index (Phi) is 7.30. The van der Waals surface area contributed by atoms with Crippen molar-refractivity contribution in [3.63, 3.8) is 0 Å². The number of imidazole rings is 1. The normalized spacial score (nSPS) is 17.0. The molecule has 2 aliphatic rings. The number of carboxylic acid groups (broad SMARTS) is 1. The third-order valence-electron chi connectivity index (χ3n) is 9.98. The molecule has 45 heavy (non-hydrogen) atoms. The van der Waals surface area contributed by atoms with Gasteiger partial charge in [-0.25, -0.2) is 9.78 Å². The van der Waals surface area contributed by atoms with E-state index in [1.807, 2.05) is 54.2 Å². The Morgan fingerprint density at radius 1 is 1.00 bits per heavy atom. The first-order valence-corrected chi connectivity index (χ1v) is 16.0. The fraction of sp³-hybridized carbons (Fsp3) is 0.351. The van der Waals surface area contributed by atoms with Gasteiger partial charge in [0, 0.05) is 41.3 Å². The molecule has 2 aromatic carbocycles. The van der Waals surface area contributed by atoms with Crippen LogP contribution in [0.25, 0.3) is 39.4 Å². The Hall–Kier alpha value is -4.72. The second kappa shape index (κ2) is 11.3. The number of nitrogens with one attached hydrogen (secondary N) is 1. The number of hydrogen-bond donors (Lipinski definition) is 2. The van der Waals surface area contributed by atoms with Gasteiger partial charge in [0.1, 0.15) is 5.82 Å². The summed E-state index contributed by atoms with van der Waals surface area (Å²) in [5, 5.41) is 13.8. The van der Waals surface area contributed by atoms with Crippen LogP contribution in [0, 0.1) is 6.92 Å². The minimum Gasteiger partial charge on any atom is -0.478 e. The minimum atomic E-state index is -0.941. The number of benzene rings is 2. The summed E-state index contributed by atoms with van der Waals surface area (Å²) in [5.74, 6) is -0.219. The summed E-state index contributed by atoms with van der Waals surface area (Å²) < 4.78 is 4.53. The van der Waals surface area contributed by atoms with Gasteiger partial charge in [-0.05, 0) is 106 Å². The molecule has 0 aliphatic heterocycles. The predicted molar refractivity (Wildman–Crippen MR) is 177 cm³/mol.